The first kappa shape index (κ1) is 15.4. The lowest BCUT2D eigenvalue weighted by Crippen LogP contribution is -2.44. The smallest absolute Gasteiger partial charge is 0.222 e. The molecule has 2 aliphatic heterocycles. The van der Waals surface area contributed by atoms with Gasteiger partial charge in [0.1, 0.15) is 0 Å². The number of rotatable bonds is 6. The molecule has 122 valence electrons. The van der Waals surface area contributed by atoms with E-state index in [-0.39, 0.29) is 0 Å². The van der Waals surface area contributed by atoms with Gasteiger partial charge in [-0.15, -0.1) is 10.2 Å². The second kappa shape index (κ2) is 7.67. The van der Waals surface area contributed by atoms with Crippen LogP contribution in [0.5, 0.6) is 0 Å². The minimum absolute atomic E-state index is 0.294. The second-order valence-electron chi connectivity index (χ2n) is 6.43. The molecule has 1 amide bonds. The van der Waals surface area contributed by atoms with Gasteiger partial charge in [0.15, 0.2) is 5.82 Å². The summed E-state index contributed by atoms with van der Waals surface area (Å²) in [6.45, 7) is 4.41. The number of likely N-dealkylation sites (tertiary alicyclic amines) is 2. The zero-order chi connectivity index (χ0) is 15.2. The number of piperidine rings is 1. The lowest BCUT2D eigenvalue weighted by Gasteiger charge is -2.33. The number of amides is 1. The number of hydrogen-bond acceptors (Lipinski definition) is 5. The maximum atomic E-state index is 12.5. The molecular formula is C15H26N6O. The highest BCUT2D eigenvalue weighted by Crippen LogP contribution is 2.21. The van der Waals surface area contributed by atoms with Crippen LogP contribution in [0, 0.1) is 0 Å². The van der Waals surface area contributed by atoms with E-state index in [4.69, 9.17) is 0 Å². The topological polar surface area (TPSA) is 78.0 Å². The molecule has 0 radical (unpaired) electrons. The van der Waals surface area contributed by atoms with E-state index in [1.807, 2.05) is 0 Å². The summed E-state index contributed by atoms with van der Waals surface area (Å²) in [5.41, 5.74) is 0. The molecule has 1 aromatic heterocycles. The maximum absolute atomic E-state index is 12.5. The van der Waals surface area contributed by atoms with Crippen LogP contribution >= 0.6 is 0 Å². The number of tetrazole rings is 1. The number of carbonyl (C=O) groups excluding carboxylic acids is 1. The number of carbonyl (C=O) groups is 1. The summed E-state index contributed by atoms with van der Waals surface area (Å²) >= 11 is 0. The number of hydrogen-bond donors (Lipinski definition) is 1. The van der Waals surface area contributed by atoms with E-state index in [1.165, 1.54) is 32.4 Å². The molecule has 1 aromatic rings. The fourth-order valence-corrected chi connectivity index (χ4v) is 3.62. The van der Waals surface area contributed by atoms with Crippen LogP contribution < -0.4 is 0 Å². The Morgan fingerprint density at radius 1 is 1.18 bits per heavy atom. The molecule has 7 heteroatoms. The highest BCUT2D eigenvalue weighted by atomic mass is 16.2. The minimum Gasteiger partial charge on any atom is -0.338 e. The lowest BCUT2D eigenvalue weighted by atomic mass is 10.1. The molecule has 1 unspecified atom stereocenters. The zero-order valence-corrected chi connectivity index (χ0v) is 13.2. The Bertz CT molecular complexity index is 457. The molecule has 7 nitrogen and oxygen atoms in total. The van der Waals surface area contributed by atoms with Crippen LogP contribution in [0.2, 0.25) is 0 Å². The first-order valence-electron chi connectivity index (χ1n) is 8.57. The highest BCUT2D eigenvalue weighted by Gasteiger charge is 2.30. The van der Waals surface area contributed by atoms with Gasteiger partial charge in [-0.1, -0.05) is 11.6 Å². The van der Waals surface area contributed by atoms with Crippen molar-refractivity contribution in [1.29, 1.82) is 0 Å². The van der Waals surface area contributed by atoms with E-state index in [2.05, 4.69) is 30.4 Å². The van der Waals surface area contributed by atoms with Gasteiger partial charge < -0.3 is 9.80 Å². The summed E-state index contributed by atoms with van der Waals surface area (Å²) in [7, 11) is 0. The first-order chi connectivity index (χ1) is 10.8. The van der Waals surface area contributed by atoms with Crippen molar-refractivity contribution in [2.24, 2.45) is 0 Å². The van der Waals surface area contributed by atoms with E-state index < -0.39 is 0 Å². The highest BCUT2D eigenvalue weighted by molar-refractivity contribution is 5.76. The van der Waals surface area contributed by atoms with Gasteiger partial charge >= 0.3 is 0 Å². The monoisotopic (exact) mass is 306 g/mol. The van der Waals surface area contributed by atoms with Crippen LogP contribution in [-0.4, -0.2) is 68.6 Å². The molecule has 22 heavy (non-hydrogen) atoms. The largest absolute Gasteiger partial charge is 0.338 e. The predicted octanol–water partition coefficient (Wildman–Crippen LogP) is 0.999. The molecule has 0 aromatic carbocycles. The Hall–Kier alpha value is -1.50. The van der Waals surface area contributed by atoms with Gasteiger partial charge in [0.05, 0.1) is 0 Å². The summed E-state index contributed by atoms with van der Waals surface area (Å²) in [5.74, 6) is 0.988. The Labute approximate surface area is 131 Å². The predicted molar refractivity (Wildman–Crippen MR) is 82.1 cm³/mol. The van der Waals surface area contributed by atoms with Gasteiger partial charge in [-0.05, 0) is 45.2 Å². The lowest BCUT2D eigenvalue weighted by molar-refractivity contribution is -0.132. The second-order valence-corrected chi connectivity index (χ2v) is 6.43. The third kappa shape index (κ3) is 4.03. The summed E-state index contributed by atoms with van der Waals surface area (Å²) in [4.78, 5) is 17.1. The number of aromatic nitrogens is 4. The molecule has 2 saturated heterocycles. The number of nitrogens with one attached hydrogen (secondary N) is 1. The molecule has 2 fully saturated rings. The summed E-state index contributed by atoms with van der Waals surface area (Å²) in [6, 6.07) is 0.427. The van der Waals surface area contributed by atoms with Crippen molar-refractivity contribution < 1.29 is 4.79 Å². The van der Waals surface area contributed by atoms with Crippen molar-refractivity contribution in [2.75, 3.05) is 26.2 Å². The van der Waals surface area contributed by atoms with Crippen LogP contribution in [0.3, 0.4) is 0 Å². The SMILES string of the molecule is O=C(CCCc1nn[nH]n1)N1CCCC1CN1CCCCC1. The van der Waals surface area contributed by atoms with Gasteiger partial charge in [0.2, 0.25) is 5.91 Å². The summed E-state index contributed by atoms with van der Waals surface area (Å²) < 4.78 is 0. The molecule has 2 aliphatic rings. The number of H-pyrrole nitrogens is 1. The molecule has 0 aliphatic carbocycles. The van der Waals surface area contributed by atoms with Gasteiger partial charge in [-0.2, -0.15) is 5.21 Å². The van der Waals surface area contributed by atoms with Gasteiger partial charge in [0.25, 0.3) is 0 Å². The van der Waals surface area contributed by atoms with Crippen LogP contribution in [0.1, 0.15) is 50.8 Å². The fourth-order valence-electron chi connectivity index (χ4n) is 3.62. The molecule has 1 atom stereocenters. The standard InChI is InChI=1S/C15H26N6O/c22-15(8-4-7-14-16-18-19-17-14)21-11-5-6-13(21)12-20-9-2-1-3-10-20/h13H,1-12H2,(H,16,17,18,19). The Morgan fingerprint density at radius 3 is 2.82 bits per heavy atom. The zero-order valence-electron chi connectivity index (χ0n) is 13.2. The van der Waals surface area contributed by atoms with E-state index in [0.29, 0.717) is 30.6 Å². The van der Waals surface area contributed by atoms with Crippen molar-refractivity contribution in [3.63, 3.8) is 0 Å². The van der Waals surface area contributed by atoms with Crippen molar-refractivity contribution in [1.82, 2.24) is 30.4 Å². The number of aromatic amines is 1. The molecule has 0 saturated carbocycles. The molecular weight excluding hydrogens is 280 g/mol. The molecule has 0 spiro atoms. The molecule has 3 rings (SSSR count). The van der Waals surface area contributed by atoms with Crippen LogP contribution in [0.25, 0.3) is 0 Å². The van der Waals surface area contributed by atoms with Crippen LogP contribution in [0.4, 0.5) is 0 Å². The fraction of sp³-hybridized carbons (Fsp3) is 0.867. The number of aryl methyl sites for hydroxylation is 1. The maximum Gasteiger partial charge on any atom is 0.222 e. The Morgan fingerprint density at radius 2 is 2.05 bits per heavy atom. The summed E-state index contributed by atoms with van der Waals surface area (Å²) in [5, 5.41) is 13.8. The molecule has 0 bridgehead atoms. The third-order valence-corrected chi connectivity index (χ3v) is 4.80. The quantitative estimate of drug-likeness (QED) is 0.848. The average molecular weight is 306 g/mol. The van der Waals surface area contributed by atoms with E-state index >= 15 is 0 Å². The number of nitrogens with zero attached hydrogens (tertiary/aromatic N) is 5. The Kier molecular flexibility index (Phi) is 5.37. The van der Waals surface area contributed by atoms with Crippen molar-refractivity contribution >= 4 is 5.91 Å². The van der Waals surface area contributed by atoms with Crippen molar-refractivity contribution in [3.8, 4) is 0 Å². The van der Waals surface area contributed by atoms with Gasteiger partial charge in [-0.25, -0.2) is 0 Å². The Balaban J connectivity index is 1.43. The van der Waals surface area contributed by atoms with E-state index in [1.54, 1.807) is 0 Å². The van der Waals surface area contributed by atoms with Crippen LogP contribution in [0.15, 0.2) is 0 Å². The van der Waals surface area contributed by atoms with Gasteiger partial charge in [-0.3, -0.25) is 4.79 Å². The van der Waals surface area contributed by atoms with Crippen molar-refractivity contribution in [3.05, 3.63) is 5.82 Å². The normalized spacial score (nSPS) is 23.1. The molecule has 1 N–H and O–H groups in total. The van der Waals surface area contributed by atoms with Crippen molar-refractivity contribution in [2.45, 2.75) is 57.4 Å². The minimum atomic E-state index is 0.294. The third-order valence-electron chi connectivity index (χ3n) is 4.80. The first-order valence-corrected chi connectivity index (χ1v) is 8.57. The van der Waals surface area contributed by atoms with Gasteiger partial charge in [0, 0.05) is 32.0 Å². The summed E-state index contributed by atoms with van der Waals surface area (Å²) in [6.07, 6.45) is 8.39. The van der Waals surface area contributed by atoms with E-state index in [9.17, 15) is 4.79 Å². The molecule has 3 heterocycles. The van der Waals surface area contributed by atoms with Crippen LogP contribution in [-0.2, 0) is 11.2 Å². The van der Waals surface area contributed by atoms with E-state index in [0.717, 1.165) is 32.4 Å². The average Bonchev–Trinajstić information content (AvgIpc) is 3.20.